The van der Waals surface area contributed by atoms with Crippen LogP contribution in [0.25, 0.3) is 0 Å². The first-order valence-corrected chi connectivity index (χ1v) is 11.7. The average molecular weight is 457 g/mol. The minimum atomic E-state index is -1.18. The van der Waals surface area contributed by atoms with Crippen molar-refractivity contribution in [2.75, 3.05) is 0 Å². The zero-order valence-corrected chi connectivity index (χ0v) is 18.9. The Morgan fingerprint density at radius 2 is 1.00 bits per heavy atom. The first kappa shape index (κ1) is 20.1. The number of aliphatic hydroxyl groups is 1. The molecule has 1 N–H and O–H groups in total. The SMILES string of the molecule is OC(c1ccc(Cl)cc1)(c1ccc(Cl)cc1)C1CC2c3ccccc3C1c1ccccc12. The fraction of sp³-hybridized carbons (Fsp3) is 0.172. The van der Waals surface area contributed by atoms with Crippen molar-refractivity contribution in [3.63, 3.8) is 0 Å². The molecule has 158 valence electrons. The van der Waals surface area contributed by atoms with E-state index in [0.29, 0.717) is 10.0 Å². The molecule has 0 saturated heterocycles. The summed E-state index contributed by atoms with van der Waals surface area (Å²) in [5.41, 5.74) is 5.97. The van der Waals surface area contributed by atoms with Gasteiger partial charge in [0, 0.05) is 27.8 Å². The highest BCUT2D eigenvalue weighted by molar-refractivity contribution is 6.30. The highest BCUT2D eigenvalue weighted by Crippen LogP contribution is 2.60. The maximum absolute atomic E-state index is 12.6. The van der Waals surface area contributed by atoms with Gasteiger partial charge in [-0.2, -0.15) is 0 Å². The molecule has 4 aromatic carbocycles. The highest BCUT2D eigenvalue weighted by atomic mass is 35.5. The molecule has 0 saturated carbocycles. The molecule has 0 radical (unpaired) electrons. The van der Waals surface area contributed by atoms with Gasteiger partial charge in [0.25, 0.3) is 0 Å². The number of hydrogen-bond acceptors (Lipinski definition) is 1. The van der Waals surface area contributed by atoms with Gasteiger partial charge in [-0.3, -0.25) is 0 Å². The van der Waals surface area contributed by atoms with Gasteiger partial charge < -0.3 is 5.11 Å². The van der Waals surface area contributed by atoms with Crippen LogP contribution in [0, 0.1) is 5.92 Å². The minimum Gasteiger partial charge on any atom is -0.380 e. The summed E-state index contributed by atoms with van der Waals surface area (Å²) in [6, 6.07) is 32.7. The molecule has 0 amide bonds. The van der Waals surface area contributed by atoms with Crippen LogP contribution in [0.5, 0.6) is 0 Å². The lowest BCUT2D eigenvalue weighted by molar-refractivity contribution is -0.00432. The van der Waals surface area contributed by atoms with Gasteiger partial charge in [0.05, 0.1) is 0 Å². The zero-order valence-electron chi connectivity index (χ0n) is 17.4. The maximum atomic E-state index is 12.6. The van der Waals surface area contributed by atoms with Crippen molar-refractivity contribution >= 4 is 23.2 Å². The van der Waals surface area contributed by atoms with Crippen LogP contribution in [0.4, 0.5) is 0 Å². The van der Waals surface area contributed by atoms with Crippen molar-refractivity contribution in [3.8, 4) is 0 Å². The molecular formula is C29H22Cl2O. The van der Waals surface area contributed by atoms with E-state index in [4.69, 9.17) is 23.2 Å². The lowest BCUT2D eigenvalue weighted by atomic mass is 9.53. The molecule has 32 heavy (non-hydrogen) atoms. The number of fused-ring (bicyclic) bond motifs is 1. The van der Waals surface area contributed by atoms with Crippen LogP contribution in [-0.2, 0) is 5.60 Å². The Kier molecular flexibility index (Phi) is 4.69. The van der Waals surface area contributed by atoms with Crippen molar-refractivity contribution in [3.05, 3.63) is 140 Å². The fourth-order valence-corrected chi connectivity index (χ4v) is 6.30. The summed E-state index contributed by atoms with van der Waals surface area (Å²) in [6.07, 6.45) is 0.875. The van der Waals surface area contributed by atoms with E-state index in [1.165, 1.54) is 22.3 Å². The lowest BCUT2D eigenvalue weighted by Crippen LogP contribution is -2.46. The van der Waals surface area contributed by atoms with E-state index in [1.807, 2.05) is 48.5 Å². The molecule has 0 aromatic heterocycles. The van der Waals surface area contributed by atoms with Gasteiger partial charge in [-0.05, 0) is 64.1 Å². The third-order valence-corrected chi connectivity index (χ3v) is 7.91. The Balaban J connectivity index is 1.60. The first-order valence-electron chi connectivity index (χ1n) is 11.0. The monoisotopic (exact) mass is 456 g/mol. The number of benzene rings is 4. The van der Waals surface area contributed by atoms with E-state index >= 15 is 0 Å². The summed E-state index contributed by atoms with van der Waals surface area (Å²) in [7, 11) is 0. The van der Waals surface area contributed by atoms with E-state index < -0.39 is 5.60 Å². The van der Waals surface area contributed by atoms with Crippen LogP contribution in [-0.4, -0.2) is 5.11 Å². The summed E-state index contributed by atoms with van der Waals surface area (Å²) in [4.78, 5) is 0. The molecule has 1 unspecified atom stereocenters. The molecule has 0 aliphatic heterocycles. The molecular weight excluding hydrogens is 435 g/mol. The third-order valence-electron chi connectivity index (χ3n) is 7.41. The molecule has 1 nitrogen and oxygen atoms in total. The van der Waals surface area contributed by atoms with E-state index in [0.717, 1.165) is 17.5 Å². The zero-order chi connectivity index (χ0) is 21.9. The molecule has 0 spiro atoms. The standard InChI is InChI=1S/C29H22Cl2O/c30-20-13-9-18(10-14-20)29(32,19-11-15-21(31)16-12-19)27-17-26-22-5-1-3-7-24(22)28(27)25-8-4-2-6-23(25)26/h1-16,26-28,32H,17H2. The van der Waals surface area contributed by atoms with Crippen LogP contribution in [0.2, 0.25) is 10.0 Å². The quantitative estimate of drug-likeness (QED) is 0.337. The summed E-state index contributed by atoms with van der Waals surface area (Å²) < 4.78 is 0. The van der Waals surface area contributed by atoms with Gasteiger partial charge in [-0.15, -0.1) is 0 Å². The van der Waals surface area contributed by atoms with Crippen LogP contribution in [0.3, 0.4) is 0 Å². The molecule has 4 aromatic rings. The van der Waals surface area contributed by atoms with Crippen molar-refractivity contribution in [1.29, 1.82) is 0 Å². The minimum absolute atomic E-state index is 0.0281. The lowest BCUT2D eigenvalue weighted by Gasteiger charge is -2.51. The summed E-state index contributed by atoms with van der Waals surface area (Å²) in [5.74, 6) is 0.340. The van der Waals surface area contributed by atoms with Gasteiger partial charge in [0.15, 0.2) is 0 Å². The normalized spacial score (nSPS) is 21.2. The van der Waals surface area contributed by atoms with Crippen LogP contribution >= 0.6 is 23.2 Å². The van der Waals surface area contributed by atoms with Crippen molar-refractivity contribution in [2.45, 2.75) is 23.9 Å². The molecule has 0 fully saturated rings. The van der Waals surface area contributed by atoms with Gasteiger partial charge in [0.1, 0.15) is 5.60 Å². The molecule has 3 aliphatic rings. The topological polar surface area (TPSA) is 20.2 Å². The van der Waals surface area contributed by atoms with Crippen LogP contribution in [0.1, 0.15) is 51.6 Å². The smallest absolute Gasteiger partial charge is 0.118 e. The summed E-state index contributed by atoms with van der Waals surface area (Å²) >= 11 is 12.4. The molecule has 1 atom stereocenters. The van der Waals surface area contributed by atoms with Gasteiger partial charge in [0.2, 0.25) is 0 Å². The van der Waals surface area contributed by atoms with Crippen molar-refractivity contribution < 1.29 is 5.11 Å². The summed E-state index contributed by atoms with van der Waals surface area (Å²) in [5, 5.41) is 14.0. The predicted octanol–water partition coefficient (Wildman–Crippen LogP) is 7.53. The Bertz CT molecular complexity index is 1200. The molecule has 7 rings (SSSR count). The third kappa shape index (κ3) is 2.89. The second kappa shape index (κ2) is 7.49. The van der Waals surface area contributed by atoms with Crippen LogP contribution < -0.4 is 0 Å². The van der Waals surface area contributed by atoms with Crippen molar-refractivity contribution in [1.82, 2.24) is 0 Å². The highest BCUT2D eigenvalue weighted by Gasteiger charge is 2.52. The first-order chi connectivity index (χ1) is 15.6. The second-order valence-electron chi connectivity index (χ2n) is 8.91. The molecule has 3 aliphatic carbocycles. The number of rotatable bonds is 3. The largest absolute Gasteiger partial charge is 0.380 e. The van der Waals surface area contributed by atoms with Crippen LogP contribution in [0.15, 0.2) is 97.1 Å². The van der Waals surface area contributed by atoms with Gasteiger partial charge in [-0.25, -0.2) is 0 Å². The van der Waals surface area contributed by atoms with Gasteiger partial charge >= 0.3 is 0 Å². The Labute approximate surface area is 198 Å². The van der Waals surface area contributed by atoms with E-state index in [2.05, 4.69) is 48.5 Å². The van der Waals surface area contributed by atoms with Gasteiger partial charge in [-0.1, -0.05) is 96.0 Å². The maximum Gasteiger partial charge on any atom is 0.118 e. The average Bonchev–Trinajstić information content (AvgIpc) is 2.84. The Morgan fingerprint density at radius 1 is 0.594 bits per heavy atom. The number of hydrogen-bond donors (Lipinski definition) is 1. The second-order valence-corrected chi connectivity index (χ2v) is 9.78. The predicted molar refractivity (Wildman–Crippen MR) is 131 cm³/mol. The molecule has 0 heterocycles. The van der Waals surface area contributed by atoms with E-state index in [9.17, 15) is 5.11 Å². The number of halogens is 2. The molecule has 3 heteroatoms. The Hall–Kier alpha value is -2.58. The Morgan fingerprint density at radius 3 is 1.44 bits per heavy atom. The fourth-order valence-electron chi connectivity index (χ4n) is 6.05. The van der Waals surface area contributed by atoms with E-state index in [-0.39, 0.29) is 17.8 Å². The molecule has 2 bridgehead atoms. The summed E-state index contributed by atoms with van der Waals surface area (Å²) in [6.45, 7) is 0. The van der Waals surface area contributed by atoms with E-state index in [1.54, 1.807) is 0 Å². The van der Waals surface area contributed by atoms with Crippen molar-refractivity contribution in [2.24, 2.45) is 5.92 Å².